The van der Waals surface area contributed by atoms with Crippen molar-refractivity contribution in [3.05, 3.63) is 93.9 Å². The van der Waals surface area contributed by atoms with Gasteiger partial charge in [0.25, 0.3) is 0 Å². The van der Waals surface area contributed by atoms with Gasteiger partial charge in [-0.3, -0.25) is 14.5 Å². The molecule has 2 unspecified atom stereocenters. The van der Waals surface area contributed by atoms with Gasteiger partial charge in [0.2, 0.25) is 12.0 Å². The van der Waals surface area contributed by atoms with Gasteiger partial charge in [-0.2, -0.15) is 5.10 Å². The molecule has 0 bridgehead atoms. The number of phenolic OH excluding ortho intramolecular Hbond substituents is 2. The molecule has 1 amide bonds. The second-order valence-corrected chi connectivity index (χ2v) is 12.5. The first kappa shape index (κ1) is 35.8. The van der Waals surface area contributed by atoms with Gasteiger partial charge in [0.15, 0.2) is 5.82 Å². The van der Waals surface area contributed by atoms with Crippen LogP contribution < -0.4 is 11.0 Å². The molecule has 1 aromatic heterocycles. The Morgan fingerprint density at radius 3 is 2.24 bits per heavy atom. The lowest BCUT2D eigenvalue weighted by molar-refractivity contribution is -0.166. The number of aliphatic carboxylic acids is 1. The molecule has 1 saturated heterocycles. The summed E-state index contributed by atoms with van der Waals surface area (Å²) in [6, 6.07) is 18.4. The molecule has 0 radical (unpaired) electrons. The van der Waals surface area contributed by atoms with Crippen molar-refractivity contribution in [3.8, 4) is 28.6 Å². The number of piperazine rings is 1. The fraction of sp³-hybridized carbons (Fsp3) is 0.361. The average Bonchev–Trinajstić information content (AvgIpc) is 3.48. The number of phenols is 2. The van der Waals surface area contributed by atoms with E-state index in [1.807, 2.05) is 26.0 Å². The van der Waals surface area contributed by atoms with Crippen LogP contribution in [0, 0.1) is 0 Å². The summed E-state index contributed by atoms with van der Waals surface area (Å²) in [5, 5.41) is 40.1. The molecule has 264 valence electrons. The number of H-pyrrole nitrogens is 1. The third-order valence-electron chi connectivity index (χ3n) is 8.82. The van der Waals surface area contributed by atoms with Crippen LogP contribution in [-0.2, 0) is 25.7 Å². The number of carboxylic acids is 1. The normalized spacial score (nSPS) is 14.8. The number of carboxylic acid groups (broad SMARTS) is 1. The number of amides is 1. The van der Waals surface area contributed by atoms with Crippen molar-refractivity contribution in [2.75, 3.05) is 33.2 Å². The monoisotopic (exact) mass is 686 g/mol. The van der Waals surface area contributed by atoms with Gasteiger partial charge in [0, 0.05) is 45.2 Å². The van der Waals surface area contributed by atoms with Crippen molar-refractivity contribution in [2.45, 2.75) is 51.3 Å². The van der Waals surface area contributed by atoms with E-state index in [4.69, 9.17) is 4.74 Å². The van der Waals surface area contributed by atoms with E-state index in [2.05, 4.69) is 20.4 Å². The smallest absolute Gasteiger partial charge is 0.348 e. The van der Waals surface area contributed by atoms with E-state index in [1.54, 1.807) is 60.5 Å². The van der Waals surface area contributed by atoms with E-state index in [0.717, 1.165) is 5.56 Å². The van der Waals surface area contributed by atoms with Gasteiger partial charge < -0.3 is 30.3 Å². The van der Waals surface area contributed by atoms with E-state index in [-0.39, 0.29) is 42.0 Å². The lowest BCUT2D eigenvalue weighted by Gasteiger charge is -2.34. The van der Waals surface area contributed by atoms with Crippen molar-refractivity contribution in [1.82, 2.24) is 29.9 Å². The number of hydrogen-bond acceptors (Lipinski definition) is 10. The number of benzene rings is 3. The highest BCUT2D eigenvalue weighted by Gasteiger charge is 2.32. The number of aromatic amines is 1. The van der Waals surface area contributed by atoms with Gasteiger partial charge in [0.05, 0.1) is 23.7 Å². The first-order chi connectivity index (χ1) is 24.0. The Kier molecular flexibility index (Phi) is 11.3. The Bertz CT molecular complexity index is 1860. The lowest BCUT2D eigenvalue weighted by atomic mass is 9.98. The molecule has 2 atom stereocenters. The Labute approximate surface area is 288 Å². The number of rotatable bonds is 13. The van der Waals surface area contributed by atoms with Crippen LogP contribution >= 0.6 is 0 Å². The molecule has 5 N–H and O–H groups in total. The highest BCUT2D eigenvalue weighted by Crippen LogP contribution is 2.37. The molecule has 50 heavy (non-hydrogen) atoms. The Morgan fingerprint density at radius 2 is 1.62 bits per heavy atom. The highest BCUT2D eigenvalue weighted by molar-refractivity contribution is 5.83. The number of carbonyl (C=O) groups excluding carboxylic acids is 2. The van der Waals surface area contributed by atoms with E-state index in [9.17, 15) is 34.5 Å². The Morgan fingerprint density at radius 1 is 0.940 bits per heavy atom. The minimum absolute atomic E-state index is 0.0211. The van der Waals surface area contributed by atoms with Gasteiger partial charge in [-0.1, -0.05) is 56.3 Å². The second kappa shape index (κ2) is 15.8. The molecule has 14 nitrogen and oxygen atoms in total. The number of hydrogen-bond donors (Lipinski definition) is 5. The maximum Gasteiger partial charge on any atom is 0.348 e. The third-order valence-corrected chi connectivity index (χ3v) is 8.82. The Balaban J connectivity index is 1.13. The van der Waals surface area contributed by atoms with Crippen LogP contribution in [-0.4, -0.2) is 97.1 Å². The first-order valence-corrected chi connectivity index (χ1v) is 16.4. The van der Waals surface area contributed by atoms with Gasteiger partial charge in [-0.25, -0.2) is 19.3 Å². The largest absolute Gasteiger partial charge is 0.508 e. The van der Waals surface area contributed by atoms with Crippen molar-refractivity contribution in [2.24, 2.45) is 0 Å². The van der Waals surface area contributed by atoms with Crippen LogP contribution in [0.1, 0.15) is 55.3 Å². The number of ether oxygens (including phenoxy) is 1. The van der Waals surface area contributed by atoms with Crippen LogP contribution in [0.4, 0.5) is 0 Å². The second-order valence-electron chi connectivity index (χ2n) is 12.5. The van der Waals surface area contributed by atoms with Gasteiger partial charge in [-0.05, 0) is 47.9 Å². The molecule has 14 heteroatoms. The average molecular weight is 687 g/mol. The number of aromatic nitrogens is 3. The maximum atomic E-state index is 12.9. The zero-order valence-electron chi connectivity index (χ0n) is 28.2. The van der Waals surface area contributed by atoms with Crippen molar-refractivity contribution >= 4 is 17.8 Å². The van der Waals surface area contributed by atoms with E-state index in [0.29, 0.717) is 55.1 Å². The summed E-state index contributed by atoms with van der Waals surface area (Å²) in [5.74, 6) is -2.28. The minimum atomic E-state index is -1.45. The Hall–Kier alpha value is -5.47. The van der Waals surface area contributed by atoms with Crippen LogP contribution in [0.15, 0.2) is 71.5 Å². The fourth-order valence-electron chi connectivity index (χ4n) is 6.10. The molecule has 1 aliphatic heterocycles. The number of esters is 1. The first-order valence-electron chi connectivity index (χ1n) is 16.4. The number of nitrogens with one attached hydrogen (secondary N) is 2. The summed E-state index contributed by atoms with van der Waals surface area (Å²) in [6.45, 7) is 6.62. The number of likely N-dealkylation sites (N-methyl/N-ethyl adjacent to an activating group) is 1. The molecule has 4 aromatic rings. The zero-order valence-corrected chi connectivity index (χ0v) is 28.2. The van der Waals surface area contributed by atoms with E-state index in [1.165, 1.54) is 10.6 Å². The summed E-state index contributed by atoms with van der Waals surface area (Å²) >= 11 is 0. The maximum absolute atomic E-state index is 12.9. The minimum Gasteiger partial charge on any atom is -0.508 e. The highest BCUT2D eigenvalue weighted by atomic mass is 16.6. The molecular weight excluding hydrogens is 644 g/mol. The standard InChI is InChI=1S/C36H42N6O8/c1-22(2)26-19-27(29(44)20-28(26)43)34-38-39-36(49)42(34)25-11-9-23(10-12-25)21-40-15-17-41(18-16-40)30(45)13-14-31(46)50-33(35(47)48)32(37-3)24-7-5-4-6-8-24/h4-12,19-20,22,32-33,37,43-44H,13-18,21H2,1-3H3,(H,39,49)(H,47,48). The zero-order chi connectivity index (χ0) is 35.9. The van der Waals surface area contributed by atoms with Gasteiger partial charge in [0.1, 0.15) is 11.5 Å². The molecule has 0 aliphatic carbocycles. The van der Waals surface area contributed by atoms with E-state index < -0.39 is 29.8 Å². The van der Waals surface area contributed by atoms with Crippen LogP contribution in [0.5, 0.6) is 11.5 Å². The summed E-state index contributed by atoms with van der Waals surface area (Å²) in [6.07, 6.45) is -1.76. The van der Waals surface area contributed by atoms with Crippen LogP contribution in [0.3, 0.4) is 0 Å². The number of aromatic hydroxyl groups is 2. The number of carbonyl (C=O) groups is 3. The molecule has 0 saturated carbocycles. The molecule has 1 fully saturated rings. The predicted molar refractivity (Wildman–Crippen MR) is 184 cm³/mol. The molecule has 5 rings (SSSR count). The summed E-state index contributed by atoms with van der Waals surface area (Å²) in [4.78, 5) is 54.1. The fourth-order valence-corrected chi connectivity index (χ4v) is 6.10. The van der Waals surface area contributed by atoms with Crippen LogP contribution in [0.25, 0.3) is 17.1 Å². The number of nitrogens with zero attached hydrogens (tertiary/aromatic N) is 4. The summed E-state index contributed by atoms with van der Waals surface area (Å²) in [7, 11) is 1.59. The summed E-state index contributed by atoms with van der Waals surface area (Å²) < 4.78 is 6.67. The molecule has 0 spiro atoms. The molecule has 3 aromatic carbocycles. The van der Waals surface area contributed by atoms with Crippen LogP contribution in [0.2, 0.25) is 0 Å². The quantitative estimate of drug-likeness (QED) is 0.130. The lowest BCUT2D eigenvalue weighted by Crippen LogP contribution is -2.48. The molecule has 1 aliphatic rings. The topological polar surface area (TPSA) is 190 Å². The molecular formula is C36H42N6O8. The summed E-state index contributed by atoms with van der Waals surface area (Å²) in [5.41, 5.74) is 2.66. The molecule has 2 heterocycles. The van der Waals surface area contributed by atoms with Crippen molar-refractivity contribution in [1.29, 1.82) is 0 Å². The van der Waals surface area contributed by atoms with E-state index >= 15 is 0 Å². The SMILES string of the molecule is CNC(c1ccccc1)C(OC(=O)CCC(=O)N1CCN(Cc2ccc(-n3c(-c4cc(C(C)C)c(O)cc4O)n[nH]c3=O)cc2)CC1)C(=O)O. The predicted octanol–water partition coefficient (Wildman–Crippen LogP) is 3.14. The van der Waals surface area contributed by atoms with Gasteiger partial charge >= 0.3 is 17.6 Å². The van der Waals surface area contributed by atoms with Gasteiger partial charge in [-0.15, -0.1) is 0 Å². The van der Waals surface area contributed by atoms with Crippen molar-refractivity contribution < 1.29 is 34.4 Å². The third kappa shape index (κ3) is 8.21. The van der Waals surface area contributed by atoms with Crippen molar-refractivity contribution in [3.63, 3.8) is 0 Å².